The smallest absolute Gasteiger partial charge is 0.266 e. The summed E-state index contributed by atoms with van der Waals surface area (Å²) in [5.74, 6) is 2.32. The summed E-state index contributed by atoms with van der Waals surface area (Å²) in [6.45, 7) is 5.38. The van der Waals surface area contributed by atoms with Gasteiger partial charge in [-0.05, 0) is 30.5 Å². The van der Waals surface area contributed by atoms with Gasteiger partial charge in [-0.25, -0.2) is 0 Å². The number of aryl methyl sites for hydroxylation is 1. The van der Waals surface area contributed by atoms with Crippen LogP contribution in [0, 0.1) is 5.92 Å². The Balaban J connectivity index is 0.00000108. The van der Waals surface area contributed by atoms with Gasteiger partial charge < -0.3 is 14.7 Å². The average Bonchev–Trinajstić information content (AvgIpc) is 2.88. The highest BCUT2D eigenvalue weighted by atomic mass is 35.5. The van der Waals surface area contributed by atoms with Crippen LogP contribution >= 0.6 is 12.4 Å². The third kappa shape index (κ3) is 2.40. The molecule has 1 N–H and O–H groups in total. The second kappa shape index (κ2) is 5.23. The third-order valence-corrected chi connectivity index (χ3v) is 3.57. The Morgan fingerprint density at radius 1 is 1.47 bits per heavy atom. The van der Waals surface area contributed by atoms with Crippen molar-refractivity contribution >= 4 is 18.4 Å². The summed E-state index contributed by atoms with van der Waals surface area (Å²) in [5.41, 5.74) is 0. The lowest BCUT2D eigenvalue weighted by molar-refractivity contribution is 0.376. The Morgan fingerprint density at radius 2 is 2.35 bits per heavy atom. The van der Waals surface area contributed by atoms with Crippen molar-refractivity contribution in [2.75, 3.05) is 24.5 Å². The van der Waals surface area contributed by atoms with E-state index in [1.165, 1.54) is 6.42 Å². The first-order chi connectivity index (χ1) is 7.86. The maximum Gasteiger partial charge on any atom is 0.266 e. The number of halogens is 1. The molecule has 0 radical (unpaired) electrons. The van der Waals surface area contributed by atoms with Gasteiger partial charge in [0.25, 0.3) is 5.95 Å². The highest BCUT2D eigenvalue weighted by Crippen LogP contribution is 2.27. The minimum Gasteiger partial charge on any atom is -0.337 e. The van der Waals surface area contributed by atoms with Crippen LogP contribution in [0.15, 0.2) is 4.52 Å². The summed E-state index contributed by atoms with van der Waals surface area (Å²) >= 11 is 0. The molecule has 2 aliphatic heterocycles. The molecule has 5 nitrogen and oxygen atoms in total. The van der Waals surface area contributed by atoms with E-state index in [9.17, 15) is 0 Å². The number of fused-ring (bicyclic) bond motifs is 1. The van der Waals surface area contributed by atoms with Crippen molar-refractivity contribution in [2.24, 2.45) is 5.92 Å². The number of aromatic nitrogens is 2. The molecule has 0 bridgehead atoms. The summed E-state index contributed by atoms with van der Waals surface area (Å²) in [5, 5.41) is 7.58. The lowest BCUT2D eigenvalue weighted by Gasteiger charge is -2.13. The number of rotatable bonds is 3. The first-order valence-corrected chi connectivity index (χ1v) is 6.17. The van der Waals surface area contributed by atoms with Crippen LogP contribution in [0.5, 0.6) is 0 Å². The molecular formula is C11H19ClN4O. The predicted molar refractivity (Wildman–Crippen MR) is 67.7 cm³/mol. The fourth-order valence-corrected chi connectivity index (χ4v) is 2.70. The monoisotopic (exact) mass is 258 g/mol. The quantitative estimate of drug-likeness (QED) is 0.884. The van der Waals surface area contributed by atoms with E-state index in [4.69, 9.17) is 4.52 Å². The number of nitrogens with zero attached hydrogens (tertiary/aromatic N) is 3. The van der Waals surface area contributed by atoms with Gasteiger partial charge in [-0.3, -0.25) is 0 Å². The van der Waals surface area contributed by atoms with Crippen LogP contribution in [0.3, 0.4) is 0 Å². The van der Waals surface area contributed by atoms with Crippen molar-refractivity contribution in [2.45, 2.75) is 32.2 Å². The Morgan fingerprint density at radius 3 is 3.12 bits per heavy atom. The predicted octanol–water partition coefficient (Wildman–Crippen LogP) is 1.24. The van der Waals surface area contributed by atoms with Crippen LogP contribution in [0.25, 0.3) is 0 Å². The van der Waals surface area contributed by atoms with E-state index in [2.05, 4.69) is 27.3 Å². The molecule has 96 valence electrons. The van der Waals surface area contributed by atoms with Gasteiger partial charge in [-0.2, -0.15) is 4.98 Å². The molecule has 0 saturated carbocycles. The van der Waals surface area contributed by atoms with E-state index in [1.54, 1.807) is 0 Å². The molecule has 3 heterocycles. The minimum absolute atomic E-state index is 0. The molecule has 17 heavy (non-hydrogen) atoms. The maximum atomic E-state index is 5.22. The molecule has 0 amide bonds. The Labute approximate surface area is 107 Å². The normalized spacial score (nSPS) is 27.0. The van der Waals surface area contributed by atoms with Gasteiger partial charge >= 0.3 is 0 Å². The molecule has 2 atom stereocenters. The van der Waals surface area contributed by atoms with E-state index >= 15 is 0 Å². The maximum absolute atomic E-state index is 5.22. The minimum atomic E-state index is 0. The molecule has 3 rings (SSSR count). The highest BCUT2D eigenvalue weighted by Gasteiger charge is 2.37. The van der Waals surface area contributed by atoms with Gasteiger partial charge in [-0.15, -0.1) is 12.4 Å². The lowest BCUT2D eigenvalue weighted by Crippen LogP contribution is -2.30. The first-order valence-electron chi connectivity index (χ1n) is 6.17. The van der Waals surface area contributed by atoms with Crippen molar-refractivity contribution in [1.29, 1.82) is 0 Å². The van der Waals surface area contributed by atoms with Gasteiger partial charge in [0.15, 0.2) is 0 Å². The van der Waals surface area contributed by atoms with E-state index in [0.29, 0.717) is 6.04 Å². The molecule has 1 aromatic heterocycles. The zero-order valence-corrected chi connectivity index (χ0v) is 10.9. The molecule has 0 aliphatic carbocycles. The van der Waals surface area contributed by atoms with Gasteiger partial charge in [0.2, 0.25) is 5.89 Å². The van der Waals surface area contributed by atoms with E-state index in [0.717, 1.165) is 50.2 Å². The number of nitrogens with one attached hydrogen (secondary N) is 1. The summed E-state index contributed by atoms with van der Waals surface area (Å²) in [6.07, 6.45) is 3.21. The number of anilines is 1. The Bertz CT molecular complexity index is 358. The van der Waals surface area contributed by atoms with Gasteiger partial charge in [0, 0.05) is 25.6 Å². The molecule has 0 spiro atoms. The Hall–Kier alpha value is -0.810. The molecule has 0 aromatic carbocycles. The van der Waals surface area contributed by atoms with Crippen molar-refractivity contribution in [3.63, 3.8) is 0 Å². The highest BCUT2D eigenvalue weighted by molar-refractivity contribution is 5.85. The van der Waals surface area contributed by atoms with Crippen LogP contribution in [0.4, 0.5) is 5.95 Å². The Kier molecular flexibility index (Phi) is 3.89. The molecular weight excluding hydrogens is 240 g/mol. The fourth-order valence-electron chi connectivity index (χ4n) is 2.70. The van der Waals surface area contributed by atoms with Crippen LogP contribution in [-0.4, -0.2) is 35.8 Å². The average molecular weight is 259 g/mol. The van der Waals surface area contributed by atoms with Crippen LogP contribution in [0.1, 0.15) is 25.7 Å². The summed E-state index contributed by atoms with van der Waals surface area (Å²) < 4.78 is 5.22. The third-order valence-electron chi connectivity index (χ3n) is 3.57. The molecule has 6 heteroatoms. The zero-order valence-electron chi connectivity index (χ0n) is 10.1. The number of hydrogen-bond acceptors (Lipinski definition) is 5. The van der Waals surface area contributed by atoms with Gasteiger partial charge in [0.1, 0.15) is 0 Å². The fraction of sp³-hybridized carbons (Fsp3) is 0.818. The molecule has 2 saturated heterocycles. The first kappa shape index (κ1) is 12.6. The van der Waals surface area contributed by atoms with Crippen LogP contribution in [-0.2, 0) is 6.42 Å². The SMILES string of the molecule is CCCc1nc(N2C[C@@H]3CCN[C@@H]3C2)no1.Cl. The van der Waals surface area contributed by atoms with Gasteiger partial charge in [0.05, 0.1) is 0 Å². The van der Waals surface area contributed by atoms with Crippen LogP contribution in [0.2, 0.25) is 0 Å². The van der Waals surface area contributed by atoms with Crippen molar-refractivity contribution < 1.29 is 4.52 Å². The zero-order chi connectivity index (χ0) is 11.0. The van der Waals surface area contributed by atoms with Crippen molar-refractivity contribution in [1.82, 2.24) is 15.5 Å². The lowest BCUT2D eigenvalue weighted by atomic mass is 10.1. The standard InChI is InChI=1S/C11H18N4O.ClH/c1-2-3-10-13-11(14-16-10)15-6-8-4-5-12-9(8)7-15;/h8-9,12H,2-7H2,1H3;1H/t8-,9+;/m0./s1. The van der Waals surface area contributed by atoms with E-state index in [1.807, 2.05) is 0 Å². The summed E-state index contributed by atoms with van der Waals surface area (Å²) in [6, 6.07) is 0.633. The number of hydrogen-bond donors (Lipinski definition) is 1. The van der Waals surface area contributed by atoms with Crippen LogP contribution < -0.4 is 10.2 Å². The largest absolute Gasteiger partial charge is 0.337 e. The van der Waals surface area contributed by atoms with Crippen molar-refractivity contribution in [3.8, 4) is 0 Å². The molecule has 2 aliphatic rings. The van der Waals surface area contributed by atoms with E-state index in [-0.39, 0.29) is 12.4 Å². The van der Waals surface area contributed by atoms with Crippen molar-refractivity contribution in [3.05, 3.63) is 5.89 Å². The topological polar surface area (TPSA) is 54.2 Å². The molecule has 1 aromatic rings. The summed E-state index contributed by atoms with van der Waals surface area (Å²) in [7, 11) is 0. The second-order valence-corrected chi connectivity index (χ2v) is 4.75. The molecule has 2 fully saturated rings. The molecule has 0 unspecified atom stereocenters. The van der Waals surface area contributed by atoms with E-state index < -0.39 is 0 Å². The second-order valence-electron chi connectivity index (χ2n) is 4.75. The summed E-state index contributed by atoms with van der Waals surface area (Å²) in [4.78, 5) is 6.67. The van der Waals surface area contributed by atoms with Gasteiger partial charge in [-0.1, -0.05) is 6.92 Å².